The number of hydrogen-bond acceptors (Lipinski definition) is 8. The minimum Gasteiger partial charge on any atom is -0.467 e. The Bertz CT molecular complexity index is 652. The molecule has 0 bridgehead atoms. The van der Waals surface area contributed by atoms with E-state index in [-0.39, 0.29) is 11.8 Å². The third-order valence-corrected chi connectivity index (χ3v) is 9.63. The number of amides is 2. The summed E-state index contributed by atoms with van der Waals surface area (Å²) < 4.78 is 9.75. The highest BCUT2D eigenvalue weighted by atomic mass is 33.1. The topological polar surface area (TPSA) is 111 Å². The zero-order valence-corrected chi connectivity index (χ0v) is 28.6. The fourth-order valence-corrected chi connectivity index (χ4v) is 6.88. The summed E-state index contributed by atoms with van der Waals surface area (Å²) in [6.07, 6.45) is 21.9. The van der Waals surface area contributed by atoms with Crippen LogP contribution in [-0.4, -0.2) is 61.6 Å². The van der Waals surface area contributed by atoms with Crippen LogP contribution in [-0.2, 0) is 28.7 Å². The first-order valence-corrected chi connectivity index (χ1v) is 18.9. The molecule has 0 saturated heterocycles. The quantitative estimate of drug-likeness (QED) is 0.0495. The molecule has 1 unspecified atom stereocenters. The fraction of sp³-hybridized carbons (Fsp3) is 0.875. The third kappa shape index (κ3) is 24.1. The van der Waals surface area contributed by atoms with Gasteiger partial charge < -0.3 is 20.1 Å². The zero-order valence-electron chi connectivity index (χ0n) is 27.0. The summed E-state index contributed by atoms with van der Waals surface area (Å²) in [6.45, 7) is 4.44. The number of unbranched alkanes of at least 4 members (excludes halogenated alkanes) is 16. The summed E-state index contributed by atoms with van der Waals surface area (Å²) in [5, 5.41) is 5.58. The molecule has 2 atom stereocenters. The number of carbonyl (C=O) groups excluding carboxylic acids is 4. The van der Waals surface area contributed by atoms with E-state index in [0.29, 0.717) is 24.3 Å². The molecule has 0 spiro atoms. The molecule has 2 N–H and O–H groups in total. The Morgan fingerprint density at radius 1 is 0.500 bits per heavy atom. The van der Waals surface area contributed by atoms with Gasteiger partial charge in [-0.3, -0.25) is 9.59 Å². The molecule has 246 valence electrons. The lowest BCUT2D eigenvalue weighted by molar-refractivity contribution is -0.144. The van der Waals surface area contributed by atoms with Gasteiger partial charge in [0.1, 0.15) is 12.1 Å². The molecule has 0 aliphatic rings. The average Bonchev–Trinajstić information content (AvgIpc) is 2.99. The summed E-state index contributed by atoms with van der Waals surface area (Å²) in [4.78, 5) is 49.3. The molecule has 0 aromatic rings. The van der Waals surface area contributed by atoms with Gasteiger partial charge >= 0.3 is 11.9 Å². The second-order valence-electron chi connectivity index (χ2n) is 11.0. The van der Waals surface area contributed by atoms with E-state index < -0.39 is 24.0 Å². The summed E-state index contributed by atoms with van der Waals surface area (Å²) in [5.41, 5.74) is 0. The van der Waals surface area contributed by atoms with E-state index in [1.165, 1.54) is 113 Å². The van der Waals surface area contributed by atoms with E-state index in [2.05, 4.69) is 24.5 Å². The Hall–Kier alpha value is -1.42. The van der Waals surface area contributed by atoms with E-state index in [1.54, 1.807) is 0 Å². The Morgan fingerprint density at radius 3 is 1.07 bits per heavy atom. The van der Waals surface area contributed by atoms with Crippen molar-refractivity contribution >= 4 is 45.3 Å². The molecule has 8 nitrogen and oxygen atoms in total. The first-order chi connectivity index (χ1) is 20.4. The van der Waals surface area contributed by atoms with Crippen molar-refractivity contribution in [2.75, 3.05) is 25.7 Å². The van der Waals surface area contributed by atoms with Crippen molar-refractivity contribution < 1.29 is 28.7 Å². The van der Waals surface area contributed by atoms with Crippen LogP contribution in [0.2, 0.25) is 0 Å². The number of carbonyl (C=O) groups is 4. The smallest absolute Gasteiger partial charge is 0.329 e. The van der Waals surface area contributed by atoms with Gasteiger partial charge in [0.15, 0.2) is 0 Å². The zero-order chi connectivity index (χ0) is 31.3. The van der Waals surface area contributed by atoms with E-state index in [1.807, 2.05) is 0 Å². The Morgan fingerprint density at radius 2 is 0.786 bits per heavy atom. The summed E-state index contributed by atoms with van der Waals surface area (Å²) in [6, 6.07) is -1.53. The van der Waals surface area contributed by atoms with Gasteiger partial charge in [0.2, 0.25) is 11.8 Å². The predicted molar refractivity (Wildman–Crippen MR) is 176 cm³/mol. The molecular weight excluding hydrogens is 572 g/mol. The van der Waals surface area contributed by atoms with Crippen molar-refractivity contribution in [2.24, 2.45) is 0 Å². The lowest BCUT2D eigenvalue weighted by Gasteiger charge is -2.18. The summed E-state index contributed by atoms with van der Waals surface area (Å²) >= 11 is 0. The van der Waals surface area contributed by atoms with Gasteiger partial charge in [-0.05, 0) is 12.8 Å². The number of methoxy groups -OCH3 is 2. The lowest BCUT2D eigenvalue weighted by atomic mass is 10.1. The van der Waals surface area contributed by atoms with Crippen molar-refractivity contribution in [3.05, 3.63) is 0 Å². The number of ether oxygens (including phenoxy) is 2. The summed E-state index contributed by atoms with van der Waals surface area (Å²) in [5.74, 6) is -0.725. The monoisotopic (exact) mass is 632 g/mol. The molecule has 0 aliphatic heterocycles. The average molecular weight is 633 g/mol. The Labute approximate surface area is 264 Å². The van der Waals surface area contributed by atoms with Crippen LogP contribution in [0, 0.1) is 0 Å². The van der Waals surface area contributed by atoms with Crippen molar-refractivity contribution in [2.45, 2.75) is 154 Å². The molecule has 10 heteroatoms. The second kappa shape index (κ2) is 29.6. The van der Waals surface area contributed by atoms with Crippen LogP contribution in [0.1, 0.15) is 142 Å². The standard InChI is InChI=1S/C32H60N2O6S2/c1-5-7-9-11-13-15-17-19-21-23-29(35)33-27(31(37)39-3)25-41-42-26-28(32(38)40-4)34-30(36)24-22-20-18-16-14-12-10-8-6-2/h27-28H,5-26H2,1-4H3,(H,33,35)(H,34,36)/t27-,28?/m0/s1. The molecule has 2 amide bonds. The number of nitrogens with one attached hydrogen (secondary N) is 2. The molecule has 0 radical (unpaired) electrons. The van der Waals surface area contributed by atoms with Crippen LogP contribution < -0.4 is 10.6 Å². The minimum absolute atomic E-state index is 0.157. The fourth-order valence-electron chi connectivity index (χ4n) is 4.58. The molecule has 0 saturated carbocycles. The number of rotatable bonds is 29. The van der Waals surface area contributed by atoms with Crippen LogP contribution in [0.15, 0.2) is 0 Å². The van der Waals surface area contributed by atoms with Gasteiger partial charge in [0, 0.05) is 24.3 Å². The molecule has 0 aliphatic carbocycles. The van der Waals surface area contributed by atoms with E-state index >= 15 is 0 Å². The van der Waals surface area contributed by atoms with Crippen molar-refractivity contribution in [3.63, 3.8) is 0 Å². The lowest BCUT2D eigenvalue weighted by Crippen LogP contribution is -2.44. The van der Waals surface area contributed by atoms with Gasteiger partial charge in [0.25, 0.3) is 0 Å². The Balaban J connectivity index is 4.29. The normalized spacial score (nSPS) is 12.4. The van der Waals surface area contributed by atoms with Gasteiger partial charge in [0.05, 0.1) is 14.2 Å². The third-order valence-electron chi connectivity index (χ3n) is 7.21. The van der Waals surface area contributed by atoms with Crippen LogP contribution in [0.25, 0.3) is 0 Å². The molecule has 42 heavy (non-hydrogen) atoms. The maximum Gasteiger partial charge on any atom is 0.329 e. The number of hydrogen-bond donors (Lipinski definition) is 2. The number of esters is 2. The highest BCUT2D eigenvalue weighted by molar-refractivity contribution is 8.76. The summed E-state index contributed by atoms with van der Waals surface area (Å²) in [7, 11) is 5.30. The molecule has 0 aromatic heterocycles. The van der Waals surface area contributed by atoms with Gasteiger partial charge in [-0.25, -0.2) is 9.59 Å². The maximum atomic E-state index is 12.4. The van der Waals surface area contributed by atoms with E-state index in [4.69, 9.17) is 9.47 Å². The van der Waals surface area contributed by atoms with Crippen LogP contribution in [0.4, 0.5) is 0 Å². The van der Waals surface area contributed by atoms with Gasteiger partial charge in [-0.2, -0.15) is 0 Å². The molecule has 0 aromatic carbocycles. The molecule has 0 heterocycles. The first kappa shape index (κ1) is 40.6. The maximum absolute atomic E-state index is 12.4. The van der Waals surface area contributed by atoms with Crippen LogP contribution >= 0.6 is 21.6 Å². The first-order valence-electron chi connectivity index (χ1n) is 16.4. The highest BCUT2D eigenvalue weighted by Crippen LogP contribution is 2.24. The van der Waals surface area contributed by atoms with E-state index in [0.717, 1.165) is 38.5 Å². The second-order valence-corrected chi connectivity index (χ2v) is 13.6. The van der Waals surface area contributed by atoms with E-state index in [9.17, 15) is 19.2 Å². The highest BCUT2D eigenvalue weighted by Gasteiger charge is 2.24. The largest absolute Gasteiger partial charge is 0.467 e. The van der Waals surface area contributed by atoms with Crippen molar-refractivity contribution in [1.82, 2.24) is 10.6 Å². The van der Waals surface area contributed by atoms with Crippen molar-refractivity contribution in [1.29, 1.82) is 0 Å². The molecule has 0 fully saturated rings. The molecule has 0 rings (SSSR count). The van der Waals surface area contributed by atoms with Crippen LogP contribution in [0.3, 0.4) is 0 Å². The predicted octanol–water partition coefficient (Wildman–Crippen LogP) is 7.53. The SMILES string of the molecule is CCCCCCCCCCCC(=O)NC(CSSC[C@H](NC(=O)CCCCCCCCCCC)C(=O)OC)C(=O)OC. The van der Waals surface area contributed by atoms with Gasteiger partial charge in [-0.15, -0.1) is 0 Å². The van der Waals surface area contributed by atoms with Gasteiger partial charge in [-0.1, -0.05) is 138 Å². The minimum atomic E-state index is -0.767. The molecular formula is C32H60N2O6S2. The van der Waals surface area contributed by atoms with Crippen molar-refractivity contribution in [3.8, 4) is 0 Å². The van der Waals surface area contributed by atoms with Crippen LogP contribution in [0.5, 0.6) is 0 Å². The Kier molecular flexibility index (Phi) is 28.6.